The van der Waals surface area contributed by atoms with Crippen LogP contribution in [0, 0.1) is 0 Å². The molecule has 0 aliphatic carbocycles. The average Bonchev–Trinajstić information content (AvgIpc) is 2.67. The normalized spacial score (nSPS) is 11.6. The van der Waals surface area contributed by atoms with Gasteiger partial charge in [-0.15, -0.1) is 0 Å². The maximum absolute atomic E-state index is 11.0. The molecule has 16 heavy (non-hydrogen) atoms. The maximum atomic E-state index is 11.0. The van der Waals surface area contributed by atoms with Gasteiger partial charge in [-0.2, -0.15) is 5.10 Å². The Bertz CT molecular complexity index is 605. The molecule has 8 heteroatoms. The molecule has 2 aromatic rings. The molecule has 0 atom stereocenters. The van der Waals surface area contributed by atoms with Crippen LogP contribution in [0.2, 0.25) is 0 Å². The first-order valence-electron chi connectivity index (χ1n) is 4.16. The molecule has 2 aromatic heterocycles. The van der Waals surface area contributed by atoms with Crippen molar-refractivity contribution < 1.29 is 8.42 Å². The van der Waals surface area contributed by atoms with Crippen LogP contribution in [0.15, 0.2) is 40.1 Å². The van der Waals surface area contributed by atoms with E-state index in [1.165, 1.54) is 17.1 Å². The standard InChI is InChI=1S/C8H7BrN4O2S/c9-6-1-2-8(11-3-6)13-5-7(4-12-13)16(10,14)15/h1-5H,(H2,10,14,15). The lowest BCUT2D eigenvalue weighted by molar-refractivity contribution is 0.598. The van der Waals surface area contributed by atoms with Gasteiger partial charge in [-0.1, -0.05) is 0 Å². The molecule has 0 amide bonds. The van der Waals surface area contributed by atoms with Gasteiger partial charge in [0, 0.05) is 10.7 Å². The number of sulfonamides is 1. The lowest BCUT2D eigenvalue weighted by Crippen LogP contribution is -2.11. The van der Waals surface area contributed by atoms with Crippen LogP contribution in [0.1, 0.15) is 0 Å². The molecular weight excluding hydrogens is 296 g/mol. The van der Waals surface area contributed by atoms with Gasteiger partial charge in [-0.25, -0.2) is 23.2 Å². The largest absolute Gasteiger partial charge is 0.241 e. The van der Waals surface area contributed by atoms with Crippen molar-refractivity contribution in [3.05, 3.63) is 35.2 Å². The molecule has 0 aliphatic heterocycles. The zero-order valence-corrected chi connectivity index (χ0v) is 10.3. The van der Waals surface area contributed by atoms with Crippen LogP contribution in [0.5, 0.6) is 0 Å². The summed E-state index contributed by atoms with van der Waals surface area (Å²) in [6, 6.07) is 3.48. The molecule has 0 unspecified atom stereocenters. The zero-order valence-electron chi connectivity index (χ0n) is 7.91. The molecule has 0 spiro atoms. The van der Waals surface area contributed by atoms with E-state index in [1.807, 2.05) is 0 Å². The van der Waals surface area contributed by atoms with Crippen molar-refractivity contribution in [3.8, 4) is 5.82 Å². The third-order valence-corrected chi connectivity index (χ3v) is 3.17. The lowest BCUT2D eigenvalue weighted by Gasteiger charge is -1.98. The summed E-state index contributed by atoms with van der Waals surface area (Å²) >= 11 is 3.25. The highest BCUT2D eigenvalue weighted by atomic mass is 79.9. The summed E-state index contributed by atoms with van der Waals surface area (Å²) in [6.07, 6.45) is 4.08. The Hall–Kier alpha value is -1.25. The fourth-order valence-corrected chi connectivity index (χ4v) is 1.76. The minimum atomic E-state index is -3.72. The van der Waals surface area contributed by atoms with Gasteiger partial charge in [0.25, 0.3) is 0 Å². The molecule has 84 valence electrons. The average molecular weight is 303 g/mol. The SMILES string of the molecule is NS(=O)(=O)c1cnn(-c2ccc(Br)cn2)c1. The van der Waals surface area contributed by atoms with Crippen molar-refractivity contribution in [3.63, 3.8) is 0 Å². The Morgan fingerprint density at radius 3 is 2.56 bits per heavy atom. The molecule has 0 aromatic carbocycles. The van der Waals surface area contributed by atoms with Crippen LogP contribution in [0.25, 0.3) is 5.82 Å². The summed E-state index contributed by atoms with van der Waals surface area (Å²) in [5.41, 5.74) is 0. The molecule has 0 bridgehead atoms. The fourth-order valence-electron chi connectivity index (χ4n) is 1.08. The smallest absolute Gasteiger partial charge is 0.236 e. The Morgan fingerprint density at radius 2 is 2.06 bits per heavy atom. The first kappa shape index (κ1) is 11.2. The van der Waals surface area contributed by atoms with Gasteiger partial charge in [0.2, 0.25) is 10.0 Å². The van der Waals surface area contributed by atoms with Crippen molar-refractivity contribution in [2.24, 2.45) is 5.14 Å². The summed E-state index contributed by atoms with van der Waals surface area (Å²) in [7, 11) is -3.72. The molecule has 2 heterocycles. The minimum absolute atomic E-state index is 0.0442. The van der Waals surface area contributed by atoms with Crippen LogP contribution in [0.3, 0.4) is 0 Å². The van der Waals surface area contributed by atoms with E-state index in [9.17, 15) is 8.42 Å². The van der Waals surface area contributed by atoms with Crippen molar-refractivity contribution in [2.75, 3.05) is 0 Å². The summed E-state index contributed by atoms with van der Waals surface area (Å²) in [6.45, 7) is 0. The third-order valence-electron chi connectivity index (χ3n) is 1.83. The second-order valence-corrected chi connectivity index (χ2v) is 5.48. The van der Waals surface area contributed by atoms with E-state index < -0.39 is 10.0 Å². The highest BCUT2D eigenvalue weighted by Gasteiger charge is 2.11. The highest BCUT2D eigenvalue weighted by Crippen LogP contribution is 2.12. The van der Waals surface area contributed by atoms with E-state index in [0.29, 0.717) is 5.82 Å². The van der Waals surface area contributed by atoms with Crippen LogP contribution < -0.4 is 5.14 Å². The number of pyridine rings is 1. The van der Waals surface area contributed by atoms with Crippen LogP contribution >= 0.6 is 15.9 Å². The second-order valence-electron chi connectivity index (χ2n) is 3.00. The first-order valence-corrected chi connectivity index (χ1v) is 6.50. The molecule has 0 aliphatic rings. The number of halogens is 1. The van der Waals surface area contributed by atoms with Crippen LogP contribution in [-0.2, 0) is 10.0 Å². The Morgan fingerprint density at radius 1 is 1.31 bits per heavy atom. The first-order chi connectivity index (χ1) is 7.47. The molecule has 0 saturated carbocycles. The van der Waals surface area contributed by atoms with E-state index in [4.69, 9.17) is 5.14 Å². The number of hydrogen-bond acceptors (Lipinski definition) is 4. The van der Waals surface area contributed by atoms with E-state index in [-0.39, 0.29) is 4.90 Å². The van der Waals surface area contributed by atoms with E-state index >= 15 is 0 Å². The third kappa shape index (κ3) is 2.29. The van der Waals surface area contributed by atoms with Gasteiger partial charge in [-0.05, 0) is 28.1 Å². The Balaban J connectivity index is 2.43. The van der Waals surface area contributed by atoms with E-state index in [1.54, 1.807) is 18.3 Å². The van der Waals surface area contributed by atoms with Crippen LogP contribution in [-0.4, -0.2) is 23.2 Å². The molecule has 0 saturated heterocycles. The highest BCUT2D eigenvalue weighted by molar-refractivity contribution is 9.10. The quantitative estimate of drug-likeness (QED) is 0.883. The Labute approximate surface area is 100 Å². The summed E-state index contributed by atoms with van der Waals surface area (Å²) in [5, 5.41) is 8.83. The zero-order chi connectivity index (χ0) is 11.8. The monoisotopic (exact) mass is 302 g/mol. The number of hydrogen-bond donors (Lipinski definition) is 1. The number of nitrogens with two attached hydrogens (primary N) is 1. The van der Waals surface area contributed by atoms with Gasteiger partial charge < -0.3 is 0 Å². The van der Waals surface area contributed by atoms with Gasteiger partial charge >= 0.3 is 0 Å². The second kappa shape index (κ2) is 3.96. The summed E-state index contributed by atoms with van der Waals surface area (Å²) in [4.78, 5) is 4.02. The van der Waals surface area contributed by atoms with Gasteiger partial charge in [0.05, 0.1) is 12.4 Å². The number of rotatable bonds is 2. The number of nitrogens with zero attached hydrogens (tertiary/aromatic N) is 3. The van der Waals surface area contributed by atoms with Gasteiger partial charge in [0.1, 0.15) is 4.90 Å². The van der Waals surface area contributed by atoms with Crippen molar-refractivity contribution in [1.82, 2.24) is 14.8 Å². The van der Waals surface area contributed by atoms with Gasteiger partial charge in [0.15, 0.2) is 5.82 Å². The van der Waals surface area contributed by atoms with Crippen molar-refractivity contribution in [2.45, 2.75) is 4.90 Å². The predicted molar refractivity (Wildman–Crippen MR) is 60.4 cm³/mol. The van der Waals surface area contributed by atoms with Crippen LogP contribution in [0.4, 0.5) is 0 Å². The maximum Gasteiger partial charge on any atom is 0.241 e. The Kier molecular flexibility index (Phi) is 2.78. The number of aromatic nitrogens is 3. The van der Waals surface area contributed by atoms with Gasteiger partial charge in [-0.3, -0.25) is 0 Å². The van der Waals surface area contributed by atoms with E-state index in [0.717, 1.165) is 4.47 Å². The fraction of sp³-hybridized carbons (Fsp3) is 0. The topological polar surface area (TPSA) is 90.9 Å². The molecule has 2 rings (SSSR count). The molecule has 0 fully saturated rings. The predicted octanol–water partition coefficient (Wildman–Crippen LogP) is 0.677. The minimum Gasteiger partial charge on any atom is -0.236 e. The molecule has 2 N–H and O–H groups in total. The molecule has 0 radical (unpaired) electrons. The van der Waals surface area contributed by atoms with Crippen molar-refractivity contribution in [1.29, 1.82) is 0 Å². The van der Waals surface area contributed by atoms with E-state index in [2.05, 4.69) is 26.0 Å². The number of primary sulfonamides is 1. The summed E-state index contributed by atoms with van der Waals surface area (Å²) < 4.78 is 24.2. The molecule has 6 nitrogen and oxygen atoms in total. The summed E-state index contributed by atoms with van der Waals surface area (Å²) in [5.74, 6) is 0.512. The molecular formula is C8H7BrN4O2S. The van der Waals surface area contributed by atoms with Crippen molar-refractivity contribution >= 4 is 26.0 Å². The lowest BCUT2D eigenvalue weighted by atomic mass is 10.5.